The average molecular weight is 290 g/mol. The van der Waals surface area contributed by atoms with E-state index in [0.717, 1.165) is 18.9 Å². The first-order chi connectivity index (χ1) is 9.45. The van der Waals surface area contributed by atoms with Crippen molar-refractivity contribution in [2.75, 3.05) is 13.1 Å². The van der Waals surface area contributed by atoms with E-state index in [1.54, 1.807) is 0 Å². The van der Waals surface area contributed by atoms with Crippen molar-refractivity contribution < 1.29 is 22.3 Å². The van der Waals surface area contributed by atoms with Gasteiger partial charge in [-0.05, 0) is 18.7 Å². The van der Waals surface area contributed by atoms with Crippen LogP contribution in [-0.4, -0.2) is 19.3 Å². The molecule has 1 N–H and O–H groups in total. The van der Waals surface area contributed by atoms with Crippen LogP contribution in [0.1, 0.15) is 12.5 Å². The smallest absolute Gasteiger partial charge is 0.419 e. The highest BCUT2D eigenvalue weighted by molar-refractivity contribution is 5.60. The molecular weight excluding hydrogens is 276 g/mol. The molecule has 0 aliphatic carbocycles. The van der Waals surface area contributed by atoms with E-state index in [9.17, 15) is 17.6 Å². The van der Waals surface area contributed by atoms with E-state index in [0.29, 0.717) is 18.7 Å². The Labute approximate surface area is 114 Å². The summed E-state index contributed by atoms with van der Waals surface area (Å²) in [7, 11) is 0. The number of benzene rings is 1. The molecule has 1 rings (SSSR count). The molecule has 0 bridgehead atoms. The molecule has 0 aliphatic rings. The normalized spacial score (nSPS) is 12.4. The zero-order valence-corrected chi connectivity index (χ0v) is 10.7. The Morgan fingerprint density at radius 2 is 2.10 bits per heavy atom. The second kappa shape index (κ2) is 7.64. The van der Waals surface area contributed by atoms with Gasteiger partial charge in [0.25, 0.3) is 0 Å². The number of hydrogen-bond acceptors (Lipinski definition) is 3. The first-order valence-corrected chi connectivity index (χ1v) is 5.86. The monoisotopic (exact) mass is 290 g/mol. The topological polar surface area (TPSA) is 33.6 Å². The van der Waals surface area contributed by atoms with Gasteiger partial charge in [-0.3, -0.25) is 4.99 Å². The van der Waals surface area contributed by atoms with Crippen molar-refractivity contribution in [2.45, 2.75) is 13.1 Å². The minimum atomic E-state index is -4.61. The third kappa shape index (κ3) is 5.40. The van der Waals surface area contributed by atoms with Crippen LogP contribution >= 0.6 is 0 Å². The maximum atomic E-state index is 12.9. The van der Waals surface area contributed by atoms with Gasteiger partial charge in [-0.15, -0.1) is 0 Å². The Morgan fingerprint density at radius 1 is 1.35 bits per heavy atom. The predicted octanol–water partition coefficient (Wildman–Crippen LogP) is 3.37. The van der Waals surface area contributed by atoms with Crippen LogP contribution in [0, 0.1) is 5.82 Å². The van der Waals surface area contributed by atoms with Gasteiger partial charge < -0.3 is 10.1 Å². The number of nitrogens with zero attached hydrogens (tertiary/aromatic N) is 1. The number of aliphatic imine (C=N–C) groups is 1. The number of rotatable bonds is 6. The molecule has 110 valence electrons. The van der Waals surface area contributed by atoms with Crippen molar-refractivity contribution in [3.05, 3.63) is 42.0 Å². The highest BCUT2D eigenvalue weighted by atomic mass is 19.4. The summed E-state index contributed by atoms with van der Waals surface area (Å²) in [6.45, 7) is 3.24. The van der Waals surface area contributed by atoms with Gasteiger partial charge in [0.15, 0.2) is 0 Å². The van der Waals surface area contributed by atoms with Crippen LogP contribution in [-0.2, 0) is 6.18 Å². The molecule has 0 fully saturated rings. The molecular formula is C13H14F4N2O. The maximum Gasteiger partial charge on any atom is 0.419 e. The number of hydrogen-bond donors (Lipinski definition) is 1. The Morgan fingerprint density at radius 3 is 2.75 bits per heavy atom. The van der Waals surface area contributed by atoms with Crippen LogP contribution in [0.4, 0.5) is 17.6 Å². The molecule has 0 aliphatic heterocycles. The van der Waals surface area contributed by atoms with Crippen LogP contribution in [0.3, 0.4) is 0 Å². The molecule has 0 saturated heterocycles. The van der Waals surface area contributed by atoms with Gasteiger partial charge in [-0.2, -0.15) is 13.2 Å². The minimum absolute atomic E-state index is 0.536. The SMILES string of the molecule is CCNCC=N/C=C/Oc1cc(F)ccc1C(F)(F)F. The van der Waals surface area contributed by atoms with Crippen molar-refractivity contribution >= 4 is 6.21 Å². The summed E-state index contributed by atoms with van der Waals surface area (Å²) in [6.07, 6.45) is -0.931. The van der Waals surface area contributed by atoms with Crippen LogP contribution in [0.2, 0.25) is 0 Å². The van der Waals surface area contributed by atoms with E-state index in [1.807, 2.05) is 6.92 Å². The molecule has 1 aromatic rings. The first-order valence-electron chi connectivity index (χ1n) is 5.86. The van der Waals surface area contributed by atoms with Gasteiger partial charge in [0.1, 0.15) is 17.8 Å². The lowest BCUT2D eigenvalue weighted by molar-refractivity contribution is -0.138. The van der Waals surface area contributed by atoms with Crippen LogP contribution < -0.4 is 10.1 Å². The van der Waals surface area contributed by atoms with E-state index in [2.05, 4.69) is 10.3 Å². The maximum absolute atomic E-state index is 12.9. The molecule has 0 amide bonds. The third-order valence-electron chi connectivity index (χ3n) is 2.18. The molecule has 0 atom stereocenters. The first kappa shape index (κ1) is 16.2. The van der Waals surface area contributed by atoms with E-state index < -0.39 is 23.3 Å². The third-order valence-corrected chi connectivity index (χ3v) is 2.18. The standard InChI is InChI=1S/C13H14F4N2O/c1-2-18-5-6-19-7-8-20-12-9-10(14)3-4-11(12)13(15,16)17/h3-4,6-9,18H,2,5H2,1H3/b8-7+,19-6?. The molecule has 0 heterocycles. The summed E-state index contributed by atoms with van der Waals surface area (Å²) in [5.41, 5.74) is -1.04. The molecule has 0 radical (unpaired) electrons. The molecule has 20 heavy (non-hydrogen) atoms. The Bertz CT molecular complexity index is 484. The van der Waals surface area contributed by atoms with Crippen molar-refractivity contribution in [1.29, 1.82) is 0 Å². The summed E-state index contributed by atoms with van der Waals surface area (Å²) < 4.78 is 55.6. The van der Waals surface area contributed by atoms with Gasteiger partial charge in [0.05, 0.1) is 11.8 Å². The average Bonchev–Trinajstić information content (AvgIpc) is 2.36. The second-order valence-electron chi connectivity index (χ2n) is 3.68. The van der Waals surface area contributed by atoms with Crippen LogP contribution in [0.5, 0.6) is 5.75 Å². The lowest BCUT2D eigenvalue weighted by atomic mass is 10.2. The highest BCUT2D eigenvalue weighted by Gasteiger charge is 2.34. The summed E-state index contributed by atoms with van der Waals surface area (Å²) in [4.78, 5) is 3.77. The van der Waals surface area contributed by atoms with Gasteiger partial charge >= 0.3 is 6.18 Å². The fraction of sp³-hybridized carbons (Fsp3) is 0.308. The van der Waals surface area contributed by atoms with Gasteiger partial charge in [0.2, 0.25) is 0 Å². The quantitative estimate of drug-likeness (QED) is 0.377. The second-order valence-corrected chi connectivity index (χ2v) is 3.68. The van der Waals surface area contributed by atoms with E-state index in [-0.39, 0.29) is 0 Å². The largest absolute Gasteiger partial charge is 0.463 e. The fourth-order valence-electron chi connectivity index (χ4n) is 1.29. The van der Waals surface area contributed by atoms with Crippen molar-refractivity contribution in [3.8, 4) is 5.75 Å². The van der Waals surface area contributed by atoms with Crippen molar-refractivity contribution in [3.63, 3.8) is 0 Å². The van der Waals surface area contributed by atoms with Crippen LogP contribution in [0.15, 0.2) is 35.7 Å². The zero-order chi connectivity index (χ0) is 15.0. The molecule has 0 spiro atoms. The number of alkyl halides is 3. The minimum Gasteiger partial charge on any atom is -0.463 e. The van der Waals surface area contributed by atoms with Crippen LogP contribution in [0.25, 0.3) is 0 Å². The number of nitrogens with one attached hydrogen (secondary N) is 1. The number of halogens is 4. The highest BCUT2D eigenvalue weighted by Crippen LogP contribution is 2.36. The summed E-state index contributed by atoms with van der Waals surface area (Å²) in [5.74, 6) is -1.41. The fourth-order valence-corrected chi connectivity index (χ4v) is 1.29. The summed E-state index contributed by atoms with van der Waals surface area (Å²) in [5, 5.41) is 2.97. The Balaban J connectivity index is 2.70. The van der Waals surface area contributed by atoms with Gasteiger partial charge in [0, 0.05) is 18.8 Å². The lowest BCUT2D eigenvalue weighted by Crippen LogP contribution is -2.14. The molecule has 1 aromatic carbocycles. The molecule has 0 saturated carbocycles. The van der Waals surface area contributed by atoms with E-state index in [1.165, 1.54) is 12.4 Å². The summed E-state index contributed by atoms with van der Waals surface area (Å²) in [6, 6.07) is 2.04. The molecule has 3 nitrogen and oxygen atoms in total. The molecule has 0 unspecified atom stereocenters. The Hall–Kier alpha value is -1.89. The van der Waals surface area contributed by atoms with E-state index >= 15 is 0 Å². The van der Waals surface area contributed by atoms with Gasteiger partial charge in [-0.1, -0.05) is 6.92 Å². The molecule has 0 aromatic heterocycles. The molecule has 7 heteroatoms. The number of ether oxygens (including phenoxy) is 1. The van der Waals surface area contributed by atoms with Gasteiger partial charge in [-0.25, -0.2) is 4.39 Å². The van der Waals surface area contributed by atoms with E-state index in [4.69, 9.17) is 4.74 Å². The predicted molar refractivity (Wildman–Crippen MR) is 68.2 cm³/mol. The Kier molecular flexibility index (Phi) is 6.17. The zero-order valence-electron chi connectivity index (χ0n) is 10.7. The van der Waals surface area contributed by atoms with Crippen molar-refractivity contribution in [2.24, 2.45) is 4.99 Å². The summed E-state index contributed by atoms with van der Waals surface area (Å²) >= 11 is 0. The lowest BCUT2D eigenvalue weighted by Gasteiger charge is -2.11. The van der Waals surface area contributed by atoms with Crippen molar-refractivity contribution in [1.82, 2.24) is 5.32 Å².